The monoisotopic (exact) mass is 369 g/mol. The molecule has 1 fully saturated rings. The summed E-state index contributed by atoms with van der Waals surface area (Å²) in [5.41, 5.74) is -3.31. The number of alkyl halides is 3. The molecule has 1 aliphatic carbocycles. The molecule has 1 saturated carbocycles. The van der Waals surface area contributed by atoms with Crippen LogP contribution < -0.4 is 4.72 Å². The molecule has 1 unspecified atom stereocenters. The van der Waals surface area contributed by atoms with Crippen LogP contribution in [-0.4, -0.2) is 42.5 Å². The van der Waals surface area contributed by atoms with E-state index < -0.39 is 38.7 Å². The molecule has 1 atom stereocenters. The van der Waals surface area contributed by atoms with Crippen molar-refractivity contribution in [2.24, 2.45) is 13.0 Å². The SMILES string of the molecule is CCOC(=O)C(NS(=O)(=O)c1ccn(C)n1)(C1CCC1)C(F)(F)F. The van der Waals surface area contributed by atoms with Crippen LogP contribution >= 0.6 is 0 Å². The fourth-order valence-electron chi connectivity index (χ4n) is 2.58. The molecule has 1 aliphatic rings. The van der Waals surface area contributed by atoms with E-state index in [1.54, 1.807) is 4.72 Å². The Morgan fingerprint density at radius 3 is 2.46 bits per heavy atom. The summed E-state index contributed by atoms with van der Waals surface area (Å²) in [6.45, 7) is 1.06. The van der Waals surface area contributed by atoms with Gasteiger partial charge in [-0.05, 0) is 31.7 Å². The molecule has 0 saturated heterocycles. The quantitative estimate of drug-likeness (QED) is 0.765. The summed E-state index contributed by atoms with van der Waals surface area (Å²) in [4.78, 5) is 12.2. The number of carbonyl (C=O) groups is 1. The largest absolute Gasteiger partial charge is 0.464 e. The van der Waals surface area contributed by atoms with Crippen molar-refractivity contribution in [1.82, 2.24) is 14.5 Å². The Labute approximate surface area is 137 Å². The Bertz CT molecular complexity index is 712. The van der Waals surface area contributed by atoms with Gasteiger partial charge < -0.3 is 4.74 Å². The number of hydrogen-bond acceptors (Lipinski definition) is 5. The van der Waals surface area contributed by atoms with Gasteiger partial charge in [-0.3, -0.25) is 4.68 Å². The first kappa shape index (κ1) is 18.7. The maximum absolute atomic E-state index is 13.8. The Morgan fingerprint density at radius 1 is 1.46 bits per heavy atom. The minimum atomic E-state index is -5.15. The van der Waals surface area contributed by atoms with Crippen LogP contribution in [0, 0.1) is 5.92 Å². The summed E-state index contributed by atoms with van der Waals surface area (Å²) in [7, 11) is -3.24. The number of esters is 1. The summed E-state index contributed by atoms with van der Waals surface area (Å²) in [6, 6.07) is 1.05. The van der Waals surface area contributed by atoms with Gasteiger partial charge >= 0.3 is 12.1 Å². The summed E-state index contributed by atoms with van der Waals surface area (Å²) < 4.78 is 73.4. The normalized spacial score (nSPS) is 18.7. The molecular formula is C13H18F3N3O4S. The molecule has 0 amide bonds. The summed E-state index contributed by atoms with van der Waals surface area (Å²) in [6.07, 6.45) is -3.25. The van der Waals surface area contributed by atoms with E-state index >= 15 is 0 Å². The molecule has 0 aliphatic heterocycles. The Kier molecular flexibility index (Phi) is 4.96. The average Bonchev–Trinajstić information content (AvgIpc) is 2.82. The van der Waals surface area contributed by atoms with Crippen LogP contribution in [0.15, 0.2) is 17.3 Å². The molecule has 1 N–H and O–H groups in total. The van der Waals surface area contributed by atoms with Crippen LogP contribution in [0.4, 0.5) is 13.2 Å². The molecule has 7 nitrogen and oxygen atoms in total. The van der Waals surface area contributed by atoms with Gasteiger partial charge in [0.25, 0.3) is 10.0 Å². The van der Waals surface area contributed by atoms with Crippen molar-refractivity contribution in [2.75, 3.05) is 6.61 Å². The molecule has 0 radical (unpaired) electrons. The van der Waals surface area contributed by atoms with E-state index in [1.807, 2.05) is 0 Å². The smallest absolute Gasteiger partial charge is 0.418 e. The van der Waals surface area contributed by atoms with Crippen LogP contribution in [0.2, 0.25) is 0 Å². The van der Waals surface area contributed by atoms with Crippen molar-refractivity contribution >= 4 is 16.0 Å². The van der Waals surface area contributed by atoms with Gasteiger partial charge in [-0.1, -0.05) is 6.42 Å². The van der Waals surface area contributed by atoms with Gasteiger partial charge in [0, 0.05) is 13.2 Å². The zero-order valence-corrected chi connectivity index (χ0v) is 13.9. The molecule has 1 aromatic rings. The van der Waals surface area contributed by atoms with E-state index in [1.165, 1.54) is 20.2 Å². The molecule has 0 bridgehead atoms. The third kappa shape index (κ3) is 3.14. The van der Waals surface area contributed by atoms with Crippen molar-refractivity contribution < 1.29 is 31.1 Å². The Hall–Kier alpha value is -1.62. The number of halogens is 3. The van der Waals surface area contributed by atoms with Crippen LogP contribution in [0.25, 0.3) is 0 Å². The zero-order chi connectivity index (χ0) is 18.2. The predicted octanol–water partition coefficient (Wildman–Crippen LogP) is 1.36. The van der Waals surface area contributed by atoms with Gasteiger partial charge in [-0.15, -0.1) is 0 Å². The van der Waals surface area contributed by atoms with E-state index in [0.29, 0.717) is 6.42 Å². The maximum atomic E-state index is 13.8. The second kappa shape index (κ2) is 6.36. The van der Waals surface area contributed by atoms with E-state index in [4.69, 9.17) is 0 Å². The Balaban J connectivity index is 2.51. The number of carbonyl (C=O) groups excluding carboxylic acids is 1. The fourth-order valence-corrected chi connectivity index (χ4v) is 3.95. The van der Waals surface area contributed by atoms with E-state index in [2.05, 4.69) is 9.84 Å². The molecule has 1 aromatic heterocycles. The van der Waals surface area contributed by atoms with Crippen LogP contribution in [0.3, 0.4) is 0 Å². The lowest BCUT2D eigenvalue weighted by atomic mass is 9.70. The van der Waals surface area contributed by atoms with E-state index in [0.717, 1.165) is 10.7 Å². The topological polar surface area (TPSA) is 90.3 Å². The van der Waals surface area contributed by atoms with Gasteiger partial charge in [0.2, 0.25) is 5.54 Å². The third-order valence-corrected chi connectivity index (χ3v) is 5.38. The van der Waals surface area contributed by atoms with Gasteiger partial charge in [0.1, 0.15) is 0 Å². The minimum absolute atomic E-state index is 0.0725. The number of hydrogen-bond donors (Lipinski definition) is 1. The molecular weight excluding hydrogens is 351 g/mol. The van der Waals surface area contributed by atoms with Crippen molar-refractivity contribution in [3.05, 3.63) is 12.3 Å². The standard InChI is InChI=1S/C13H18F3N3O4S/c1-3-23-11(20)12(13(14,15)16,9-5-4-6-9)18-24(21,22)10-7-8-19(2)17-10/h7-9,18H,3-6H2,1-2H3. The number of nitrogens with one attached hydrogen (secondary N) is 1. The number of aryl methyl sites for hydroxylation is 1. The molecule has 2 rings (SSSR count). The highest BCUT2D eigenvalue weighted by Gasteiger charge is 2.68. The van der Waals surface area contributed by atoms with E-state index in [-0.39, 0.29) is 19.4 Å². The van der Waals surface area contributed by atoms with E-state index in [9.17, 15) is 26.4 Å². The number of ether oxygens (including phenoxy) is 1. The summed E-state index contributed by atoms with van der Waals surface area (Å²) in [5.74, 6) is -2.85. The minimum Gasteiger partial charge on any atom is -0.464 e. The summed E-state index contributed by atoms with van der Waals surface area (Å²) in [5, 5.41) is 3.01. The molecule has 24 heavy (non-hydrogen) atoms. The highest BCUT2D eigenvalue weighted by atomic mass is 32.2. The lowest BCUT2D eigenvalue weighted by Gasteiger charge is -2.43. The number of nitrogens with zero attached hydrogens (tertiary/aromatic N) is 2. The summed E-state index contributed by atoms with van der Waals surface area (Å²) >= 11 is 0. The first-order chi connectivity index (χ1) is 11.0. The third-order valence-electron chi connectivity index (χ3n) is 4.02. The van der Waals surface area contributed by atoms with Crippen LogP contribution in [0.5, 0.6) is 0 Å². The average molecular weight is 369 g/mol. The maximum Gasteiger partial charge on any atom is 0.418 e. The first-order valence-electron chi connectivity index (χ1n) is 7.32. The highest BCUT2D eigenvalue weighted by Crippen LogP contribution is 2.47. The lowest BCUT2D eigenvalue weighted by Crippen LogP contribution is -2.69. The van der Waals surface area contributed by atoms with Gasteiger partial charge in [-0.25, -0.2) is 13.2 Å². The predicted molar refractivity (Wildman–Crippen MR) is 76.3 cm³/mol. The van der Waals surface area contributed by atoms with Crippen molar-refractivity contribution in [3.63, 3.8) is 0 Å². The van der Waals surface area contributed by atoms with Crippen LogP contribution in [0.1, 0.15) is 26.2 Å². The molecule has 0 aromatic carbocycles. The number of sulfonamides is 1. The molecule has 1 heterocycles. The fraction of sp³-hybridized carbons (Fsp3) is 0.692. The Morgan fingerprint density at radius 2 is 2.08 bits per heavy atom. The number of rotatable bonds is 6. The van der Waals surface area contributed by atoms with Gasteiger partial charge in [0.05, 0.1) is 6.61 Å². The molecule has 11 heteroatoms. The molecule has 0 spiro atoms. The van der Waals surface area contributed by atoms with Crippen molar-refractivity contribution in [2.45, 2.75) is 42.9 Å². The van der Waals surface area contributed by atoms with Gasteiger partial charge in [0.15, 0.2) is 5.03 Å². The molecule has 136 valence electrons. The first-order valence-corrected chi connectivity index (χ1v) is 8.80. The highest BCUT2D eigenvalue weighted by molar-refractivity contribution is 7.89. The van der Waals surface area contributed by atoms with Crippen molar-refractivity contribution in [1.29, 1.82) is 0 Å². The second-order valence-electron chi connectivity index (χ2n) is 5.59. The van der Waals surface area contributed by atoms with Gasteiger partial charge in [-0.2, -0.15) is 23.0 Å². The second-order valence-corrected chi connectivity index (χ2v) is 7.22. The van der Waals surface area contributed by atoms with Crippen molar-refractivity contribution in [3.8, 4) is 0 Å². The van der Waals surface area contributed by atoms with Crippen LogP contribution in [-0.2, 0) is 26.6 Å². The lowest BCUT2D eigenvalue weighted by molar-refractivity contribution is -0.226. The zero-order valence-electron chi connectivity index (χ0n) is 13.1. The number of aromatic nitrogens is 2.